The summed E-state index contributed by atoms with van der Waals surface area (Å²) in [6.07, 6.45) is 6.16. The first-order chi connectivity index (χ1) is 4.33. The van der Waals surface area contributed by atoms with Crippen LogP contribution in [0.5, 0.6) is 0 Å². The standard InChI is InChI=1S/C7H13NO/c9-6-7(8-6)4-2-1-3-5-7/h6,8-9H,1-5H2. The van der Waals surface area contributed by atoms with Crippen molar-refractivity contribution in [3.8, 4) is 0 Å². The van der Waals surface area contributed by atoms with E-state index in [0.29, 0.717) is 0 Å². The first kappa shape index (κ1) is 5.69. The maximum absolute atomic E-state index is 9.13. The smallest absolute Gasteiger partial charge is 0.123 e. The van der Waals surface area contributed by atoms with Crippen LogP contribution in [0.15, 0.2) is 0 Å². The van der Waals surface area contributed by atoms with Gasteiger partial charge in [0, 0.05) is 0 Å². The molecular weight excluding hydrogens is 114 g/mol. The molecule has 0 aromatic carbocycles. The van der Waals surface area contributed by atoms with Crippen LogP contribution >= 0.6 is 0 Å². The summed E-state index contributed by atoms with van der Waals surface area (Å²) >= 11 is 0. The number of aliphatic hydroxyl groups excluding tert-OH is 1. The van der Waals surface area contributed by atoms with E-state index in [1.165, 1.54) is 32.1 Å². The SMILES string of the molecule is OC1NC12CCCCC2. The molecule has 0 aromatic heterocycles. The van der Waals surface area contributed by atoms with Crippen molar-refractivity contribution in [2.45, 2.75) is 43.9 Å². The van der Waals surface area contributed by atoms with Crippen molar-refractivity contribution < 1.29 is 5.11 Å². The highest BCUT2D eigenvalue weighted by Crippen LogP contribution is 2.39. The lowest BCUT2D eigenvalue weighted by Gasteiger charge is -2.18. The van der Waals surface area contributed by atoms with Crippen LogP contribution in [0.2, 0.25) is 0 Å². The molecule has 1 unspecified atom stereocenters. The maximum Gasteiger partial charge on any atom is 0.123 e. The van der Waals surface area contributed by atoms with Crippen LogP contribution in [0.4, 0.5) is 0 Å². The lowest BCUT2D eigenvalue weighted by Crippen LogP contribution is -2.20. The molecule has 2 nitrogen and oxygen atoms in total. The fourth-order valence-electron chi connectivity index (χ4n) is 1.83. The molecule has 2 aliphatic rings. The van der Waals surface area contributed by atoms with Crippen molar-refractivity contribution >= 4 is 0 Å². The second-order valence-electron chi connectivity index (χ2n) is 3.26. The zero-order valence-corrected chi connectivity index (χ0v) is 5.56. The molecule has 2 heteroatoms. The topological polar surface area (TPSA) is 42.2 Å². The van der Waals surface area contributed by atoms with E-state index >= 15 is 0 Å². The Labute approximate surface area is 55.3 Å². The minimum Gasteiger partial charge on any atom is -0.377 e. The van der Waals surface area contributed by atoms with Gasteiger partial charge >= 0.3 is 0 Å². The van der Waals surface area contributed by atoms with Crippen LogP contribution in [0, 0.1) is 0 Å². The van der Waals surface area contributed by atoms with E-state index in [9.17, 15) is 0 Å². The molecule has 9 heavy (non-hydrogen) atoms. The van der Waals surface area contributed by atoms with Crippen LogP contribution in [0.3, 0.4) is 0 Å². The lowest BCUT2D eigenvalue weighted by molar-refractivity contribution is 0.224. The molecule has 1 saturated carbocycles. The molecule has 2 N–H and O–H groups in total. The molecule has 2 rings (SSSR count). The third-order valence-corrected chi connectivity index (χ3v) is 2.61. The van der Waals surface area contributed by atoms with Gasteiger partial charge in [-0.25, -0.2) is 0 Å². The second-order valence-corrected chi connectivity index (χ2v) is 3.26. The Hall–Kier alpha value is -0.0800. The average Bonchev–Trinajstić information content (AvgIpc) is 2.44. The Balaban J connectivity index is 1.97. The number of hydrogen-bond acceptors (Lipinski definition) is 2. The Morgan fingerprint density at radius 1 is 1.22 bits per heavy atom. The number of nitrogens with one attached hydrogen (secondary N) is 1. The highest BCUT2D eigenvalue weighted by molar-refractivity contribution is 5.09. The third-order valence-electron chi connectivity index (χ3n) is 2.61. The van der Waals surface area contributed by atoms with E-state index in [1.807, 2.05) is 0 Å². The van der Waals surface area contributed by atoms with Gasteiger partial charge in [-0.05, 0) is 12.8 Å². The van der Waals surface area contributed by atoms with Gasteiger partial charge in [-0.15, -0.1) is 0 Å². The van der Waals surface area contributed by atoms with Gasteiger partial charge in [0.25, 0.3) is 0 Å². The van der Waals surface area contributed by atoms with Crippen molar-refractivity contribution in [1.29, 1.82) is 0 Å². The zero-order chi connectivity index (χ0) is 6.32. The predicted octanol–water partition coefficient (Wildman–Crippen LogP) is 0.611. The fourth-order valence-corrected chi connectivity index (χ4v) is 1.83. The highest BCUT2D eigenvalue weighted by Gasteiger charge is 2.52. The monoisotopic (exact) mass is 127 g/mol. The number of hydrogen-bond donors (Lipinski definition) is 2. The quantitative estimate of drug-likeness (QED) is 0.468. The van der Waals surface area contributed by atoms with Crippen molar-refractivity contribution in [2.75, 3.05) is 0 Å². The summed E-state index contributed by atoms with van der Waals surface area (Å²) in [7, 11) is 0. The summed E-state index contributed by atoms with van der Waals surface area (Å²) in [5, 5.41) is 12.2. The Bertz CT molecular complexity index is 118. The summed E-state index contributed by atoms with van der Waals surface area (Å²) in [6.45, 7) is 0. The molecule has 1 atom stereocenters. The molecule has 1 aliphatic heterocycles. The molecular formula is C7H13NO. The summed E-state index contributed by atoms with van der Waals surface area (Å²) in [6, 6.07) is 0. The third kappa shape index (κ3) is 0.775. The molecule has 2 fully saturated rings. The van der Waals surface area contributed by atoms with Crippen LogP contribution in [0.25, 0.3) is 0 Å². The van der Waals surface area contributed by atoms with Crippen molar-refractivity contribution in [2.24, 2.45) is 0 Å². The van der Waals surface area contributed by atoms with E-state index in [-0.39, 0.29) is 11.8 Å². The summed E-state index contributed by atoms with van der Waals surface area (Å²) in [4.78, 5) is 0. The van der Waals surface area contributed by atoms with Gasteiger partial charge in [0.2, 0.25) is 0 Å². The van der Waals surface area contributed by atoms with Gasteiger partial charge in [0.1, 0.15) is 6.23 Å². The molecule has 1 saturated heterocycles. The molecule has 1 heterocycles. The summed E-state index contributed by atoms with van der Waals surface area (Å²) in [5.74, 6) is 0. The first-order valence-electron chi connectivity index (χ1n) is 3.79. The Morgan fingerprint density at radius 2 is 1.78 bits per heavy atom. The van der Waals surface area contributed by atoms with Gasteiger partial charge < -0.3 is 5.11 Å². The van der Waals surface area contributed by atoms with E-state index < -0.39 is 0 Å². The average molecular weight is 127 g/mol. The molecule has 52 valence electrons. The number of aliphatic hydroxyl groups is 1. The summed E-state index contributed by atoms with van der Waals surface area (Å²) < 4.78 is 0. The minimum atomic E-state index is -0.169. The molecule has 0 bridgehead atoms. The molecule has 0 amide bonds. The van der Waals surface area contributed by atoms with Gasteiger partial charge in [-0.2, -0.15) is 0 Å². The van der Waals surface area contributed by atoms with Crippen LogP contribution in [-0.2, 0) is 0 Å². The van der Waals surface area contributed by atoms with Crippen LogP contribution in [0.1, 0.15) is 32.1 Å². The van der Waals surface area contributed by atoms with Crippen LogP contribution in [-0.4, -0.2) is 16.9 Å². The fraction of sp³-hybridized carbons (Fsp3) is 1.00. The molecule has 1 aliphatic carbocycles. The molecule has 0 aromatic rings. The van der Waals surface area contributed by atoms with E-state index in [1.54, 1.807) is 0 Å². The molecule has 1 spiro atoms. The van der Waals surface area contributed by atoms with Crippen molar-refractivity contribution in [1.82, 2.24) is 5.32 Å². The van der Waals surface area contributed by atoms with Gasteiger partial charge in [0.05, 0.1) is 5.54 Å². The summed E-state index contributed by atoms with van der Waals surface area (Å²) in [5.41, 5.74) is 0.193. The van der Waals surface area contributed by atoms with Gasteiger partial charge in [-0.1, -0.05) is 19.3 Å². The van der Waals surface area contributed by atoms with E-state index in [0.717, 1.165) is 0 Å². The second kappa shape index (κ2) is 1.70. The Morgan fingerprint density at radius 3 is 2.11 bits per heavy atom. The first-order valence-corrected chi connectivity index (χ1v) is 3.79. The van der Waals surface area contributed by atoms with Crippen molar-refractivity contribution in [3.63, 3.8) is 0 Å². The highest BCUT2D eigenvalue weighted by atomic mass is 16.3. The van der Waals surface area contributed by atoms with E-state index in [4.69, 9.17) is 5.11 Å². The van der Waals surface area contributed by atoms with Crippen molar-refractivity contribution in [3.05, 3.63) is 0 Å². The normalized spacial score (nSPS) is 39.0. The van der Waals surface area contributed by atoms with E-state index in [2.05, 4.69) is 5.32 Å². The zero-order valence-electron chi connectivity index (χ0n) is 5.56. The predicted molar refractivity (Wildman–Crippen MR) is 35.0 cm³/mol. The Kier molecular flexibility index (Phi) is 1.08. The molecule has 0 radical (unpaired) electrons. The van der Waals surface area contributed by atoms with Gasteiger partial charge in [0.15, 0.2) is 0 Å². The minimum absolute atomic E-state index is 0.169. The largest absolute Gasteiger partial charge is 0.377 e. The maximum atomic E-state index is 9.13. The van der Waals surface area contributed by atoms with Crippen LogP contribution < -0.4 is 5.32 Å². The lowest BCUT2D eigenvalue weighted by atomic mass is 9.88. The number of rotatable bonds is 0. The van der Waals surface area contributed by atoms with Gasteiger partial charge in [-0.3, -0.25) is 5.32 Å².